The molecule has 0 saturated heterocycles. The number of rotatable bonds is 2. The lowest BCUT2D eigenvalue weighted by Crippen LogP contribution is -2.18. The molecule has 1 aliphatic rings. The van der Waals surface area contributed by atoms with Crippen molar-refractivity contribution in [1.29, 1.82) is 0 Å². The Balaban J connectivity index is 2.05. The van der Waals surface area contributed by atoms with Crippen LogP contribution in [-0.4, -0.2) is 31.6 Å². The molecule has 0 aromatic rings. The predicted octanol–water partition coefficient (Wildman–Crippen LogP) is -0.105. The molecule has 0 amide bonds. The van der Waals surface area contributed by atoms with Crippen molar-refractivity contribution in [3.63, 3.8) is 0 Å². The summed E-state index contributed by atoms with van der Waals surface area (Å²) in [5, 5.41) is 0. The summed E-state index contributed by atoms with van der Waals surface area (Å²) in [4.78, 5) is 2.19. The SMILES string of the molecule is CN(C)CC1C[C@H]1N. The Kier molecular flexibility index (Phi) is 1.54. The van der Waals surface area contributed by atoms with Crippen molar-refractivity contribution in [2.24, 2.45) is 11.7 Å². The van der Waals surface area contributed by atoms with Gasteiger partial charge >= 0.3 is 0 Å². The molecule has 1 fully saturated rings. The largest absolute Gasteiger partial charge is 0.327 e. The lowest BCUT2D eigenvalue weighted by Gasteiger charge is -2.06. The van der Waals surface area contributed by atoms with Gasteiger partial charge in [0.1, 0.15) is 0 Å². The zero-order chi connectivity index (χ0) is 6.15. The van der Waals surface area contributed by atoms with Crippen LogP contribution >= 0.6 is 0 Å². The summed E-state index contributed by atoms with van der Waals surface area (Å²) in [6.45, 7) is 1.17. The Bertz CT molecular complexity index is 80.6. The quantitative estimate of drug-likeness (QED) is 0.543. The van der Waals surface area contributed by atoms with Gasteiger partial charge in [-0.1, -0.05) is 0 Å². The Hall–Kier alpha value is -0.0800. The van der Waals surface area contributed by atoms with E-state index in [0.29, 0.717) is 6.04 Å². The van der Waals surface area contributed by atoms with Crippen LogP contribution in [0.4, 0.5) is 0 Å². The number of hydrogen-bond acceptors (Lipinski definition) is 2. The molecule has 0 radical (unpaired) electrons. The molecule has 1 rings (SSSR count). The monoisotopic (exact) mass is 114 g/mol. The second-order valence-corrected chi connectivity index (χ2v) is 2.92. The Morgan fingerprint density at radius 2 is 2.12 bits per heavy atom. The standard InChI is InChI=1S/C6H14N2/c1-8(2)4-5-3-6(5)7/h5-6H,3-4,7H2,1-2H3/t5?,6-/m1/s1. The Morgan fingerprint density at radius 1 is 1.62 bits per heavy atom. The van der Waals surface area contributed by atoms with Crippen LogP contribution in [0.5, 0.6) is 0 Å². The highest BCUT2D eigenvalue weighted by atomic mass is 15.1. The Morgan fingerprint density at radius 3 is 2.25 bits per heavy atom. The van der Waals surface area contributed by atoms with E-state index in [2.05, 4.69) is 19.0 Å². The molecular weight excluding hydrogens is 100 g/mol. The van der Waals surface area contributed by atoms with Crippen molar-refractivity contribution in [2.45, 2.75) is 12.5 Å². The van der Waals surface area contributed by atoms with Crippen molar-refractivity contribution >= 4 is 0 Å². The van der Waals surface area contributed by atoms with E-state index in [1.165, 1.54) is 13.0 Å². The molecule has 2 heteroatoms. The predicted molar refractivity (Wildman–Crippen MR) is 34.6 cm³/mol. The second kappa shape index (κ2) is 2.03. The van der Waals surface area contributed by atoms with E-state index in [0.717, 1.165) is 5.92 Å². The molecule has 0 aliphatic heterocycles. The topological polar surface area (TPSA) is 29.3 Å². The van der Waals surface area contributed by atoms with Gasteiger partial charge in [0, 0.05) is 12.6 Å². The van der Waals surface area contributed by atoms with Gasteiger partial charge in [0.15, 0.2) is 0 Å². The molecule has 2 atom stereocenters. The van der Waals surface area contributed by atoms with Gasteiger partial charge in [0.05, 0.1) is 0 Å². The minimum absolute atomic E-state index is 0.511. The van der Waals surface area contributed by atoms with Crippen LogP contribution in [0.1, 0.15) is 6.42 Å². The fraction of sp³-hybridized carbons (Fsp3) is 1.00. The third-order valence-corrected chi connectivity index (χ3v) is 1.58. The van der Waals surface area contributed by atoms with Gasteiger partial charge in [-0.2, -0.15) is 0 Å². The smallest absolute Gasteiger partial charge is 0.00836 e. The normalized spacial score (nSPS) is 36.0. The molecule has 0 aromatic heterocycles. The highest BCUT2D eigenvalue weighted by molar-refractivity contribution is 4.91. The first-order valence-electron chi connectivity index (χ1n) is 3.10. The molecule has 48 valence electrons. The third-order valence-electron chi connectivity index (χ3n) is 1.58. The minimum atomic E-state index is 0.511. The number of hydrogen-bond donors (Lipinski definition) is 1. The number of nitrogens with two attached hydrogens (primary N) is 1. The van der Waals surface area contributed by atoms with E-state index in [-0.39, 0.29) is 0 Å². The molecule has 1 saturated carbocycles. The summed E-state index contributed by atoms with van der Waals surface area (Å²) in [5.74, 6) is 0.796. The maximum Gasteiger partial charge on any atom is 0.00836 e. The lowest BCUT2D eigenvalue weighted by molar-refractivity contribution is 0.385. The van der Waals surface area contributed by atoms with Crippen LogP contribution in [-0.2, 0) is 0 Å². The van der Waals surface area contributed by atoms with Crippen molar-refractivity contribution in [3.8, 4) is 0 Å². The zero-order valence-electron chi connectivity index (χ0n) is 5.59. The summed E-state index contributed by atoms with van der Waals surface area (Å²) >= 11 is 0. The molecule has 0 heterocycles. The summed E-state index contributed by atoms with van der Waals surface area (Å²) in [6.07, 6.45) is 1.23. The van der Waals surface area contributed by atoms with Crippen molar-refractivity contribution in [2.75, 3.05) is 20.6 Å². The third kappa shape index (κ3) is 1.46. The van der Waals surface area contributed by atoms with Gasteiger partial charge in [-0.05, 0) is 26.4 Å². The van der Waals surface area contributed by atoms with Crippen LogP contribution in [0, 0.1) is 5.92 Å². The van der Waals surface area contributed by atoms with Crippen molar-refractivity contribution < 1.29 is 0 Å². The molecule has 1 unspecified atom stereocenters. The highest BCUT2D eigenvalue weighted by Gasteiger charge is 2.33. The van der Waals surface area contributed by atoms with Crippen LogP contribution in [0.25, 0.3) is 0 Å². The van der Waals surface area contributed by atoms with Gasteiger partial charge in [0.25, 0.3) is 0 Å². The second-order valence-electron chi connectivity index (χ2n) is 2.92. The van der Waals surface area contributed by atoms with Gasteiger partial charge in [-0.25, -0.2) is 0 Å². The van der Waals surface area contributed by atoms with Crippen molar-refractivity contribution in [1.82, 2.24) is 4.90 Å². The molecular formula is C6H14N2. The molecule has 0 bridgehead atoms. The van der Waals surface area contributed by atoms with Gasteiger partial charge < -0.3 is 10.6 Å². The summed E-state index contributed by atoms with van der Waals surface area (Å²) in [7, 11) is 4.18. The van der Waals surface area contributed by atoms with Crippen molar-refractivity contribution in [3.05, 3.63) is 0 Å². The summed E-state index contributed by atoms with van der Waals surface area (Å²) in [5.41, 5.74) is 5.59. The lowest BCUT2D eigenvalue weighted by atomic mass is 10.4. The van der Waals surface area contributed by atoms with Gasteiger partial charge in [0.2, 0.25) is 0 Å². The maximum absolute atomic E-state index is 5.59. The molecule has 2 nitrogen and oxygen atoms in total. The van der Waals surface area contributed by atoms with E-state index in [1.807, 2.05) is 0 Å². The first-order chi connectivity index (χ1) is 3.70. The van der Waals surface area contributed by atoms with E-state index < -0.39 is 0 Å². The molecule has 1 aliphatic carbocycles. The fourth-order valence-corrected chi connectivity index (χ4v) is 0.950. The van der Waals surface area contributed by atoms with E-state index in [4.69, 9.17) is 5.73 Å². The van der Waals surface area contributed by atoms with E-state index >= 15 is 0 Å². The van der Waals surface area contributed by atoms with Gasteiger partial charge in [-0.15, -0.1) is 0 Å². The molecule has 0 aromatic carbocycles. The Labute approximate surface area is 50.7 Å². The number of nitrogens with zero attached hydrogens (tertiary/aromatic N) is 1. The van der Waals surface area contributed by atoms with E-state index in [9.17, 15) is 0 Å². The fourth-order valence-electron chi connectivity index (χ4n) is 0.950. The van der Waals surface area contributed by atoms with Crippen LogP contribution < -0.4 is 5.73 Å². The van der Waals surface area contributed by atoms with Gasteiger partial charge in [-0.3, -0.25) is 0 Å². The molecule has 0 spiro atoms. The average molecular weight is 114 g/mol. The first kappa shape index (κ1) is 6.05. The maximum atomic E-state index is 5.59. The molecule has 8 heavy (non-hydrogen) atoms. The zero-order valence-corrected chi connectivity index (χ0v) is 5.59. The van der Waals surface area contributed by atoms with Crippen LogP contribution in [0.3, 0.4) is 0 Å². The average Bonchev–Trinajstić information content (AvgIpc) is 2.17. The summed E-state index contributed by atoms with van der Waals surface area (Å²) < 4.78 is 0. The highest BCUT2D eigenvalue weighted by Crippen LogP contribution is 2.27. The van der Waals surface area contributed by atoms with Crippen LogP contribution in [0.2, 0.25) is 0 Å². The minimum Gasteiger partial charge on any atom is -0.327 e. The summed E-state index contributed by atoms with van der Waals surface area (Å²) in [6, 6.07) is 0.511. The van der Waals surface area contributed by atoms with E-state index in [1.54, 1.807) is 0 Å². The molecule has 2 N–H and O–H groups in total. The van der Waals surface area contributed by atoms with Crippen LogP contribution in [0.15, 0.2) is 0 Å². The first-order valence-corrected chi connectivity index (χ1v) is 3.10.